The molecule has 0 spiro atoms. The normalized spacial score (nSPS) is 15.2. The van der Waals surface area contributed by atoms with Crippen LogP contribution in [0.15, 0.2) is 0 Å². The summed E-state index contributed by atoms with van der Waals surface area (Å²) in [4.78, 5) is 19.0. The van der Waals surface area contributed by atoms with Crippen LogP contribution >= 0.6 is 0 Å². The predicted molar refractivity (Wildman–Crippen MR) is 39.0 cm³/mol. The van der Waals surface area contributed by atoms with Crippen molar-refractivity contribution in [3.05, 3.63) is 0 Å². The molecule has 0 fully saturated rings. The Labute approximate surface area is 79.7 Å². The molecule has 0 aliphatic carbocycles. The van der Waals surface area contributed by atoms with Crippen LogP contribution in [0.5, 0.6) is 0 Å². The molecule has 0 unspecified atom stereocenters. The molecular formula is C4H6N2O3Se2. The Balaban J connectivity index is 3.85. The van der Waals surface area contributed by atoms with Gasteiger partial charge in [0.15, 0.2) is 0 Å². The second-order valence-corrected chi connectivity index (χ2v) is 3.70. The van der Waals surface area contributed by atoms with Crippen molar-refractivity contribution in [2.45, 2.75) is 9.88 Å². The molecule has 7 heteroatoms. The second kappa shape index (κ2) is 4.74. The minimum absolute atomic E-state index is 0.545. The molecule has 0 heterocycles. The van der Waals surface area contributed by atoms with Crippen LogP contribution in [-0.2, 0) is 9.59 Å². The quantitative estimate of drug-likeness (QED) is 0.487. The van der Waals surface area contributed by atoms with Crippen molar-refractivity contribution < 1.29 is 14.7 Å². The van der Waals surface area contributed by atoms with Gasteiger partial charge in [0.05, 0.1) is 0 Å². The average Bonchev–Trinajstić information content (AvgIpc) is 1.87. The summed E-state index contributed by atoms with van der Waals surface area (Å²) in [6.45, 7) is 0. The number of carbonyl (C=O) groups excluding carboxylic acids is 1. The Morgan fingerprint density at radius 2 is 1.91 bits per heavy atom. The number of amides is 1. The van der Waals surface area contributed by atoms with E-state index in [2.05, 4.69) is 37.3 Å². The zero-order chi connectivity index (χ0) is 9.02. The fourth-order valence-corrected chi connectivity index (χ4v) is 0.660. The molecular weight excluding hydrogens is 282 g/mol. The molecule has 4 N–H and O–H groups in total. The standard InChI is InChI=1S/C4H6N2O3Se2/c5-1(10)2(7)6-3(11)4(8)9/h1,3H,5H2,(H,6,7)(H,8,9)/t1-,3-/m0/s1. The first-order valence-corrected chi connectivity index (χ1v) is 4.53. The van der Waals surface area contributed by atoms with Gasteiger partial charge in [-0.1, -0.05) is 0 Å². The molecule has 0 aliphatic rings. The molecule has 2 atom stereocenters. The Hall–Kier alpha value is -0.0610. The fourth-order valence-electron chi connectivity index (χ4n) is 0.273. The number of hydrogen-bond donors (Lipinski definition) is 3. The molecule has 0 saturated carbocycles. The van der Waals surface area contributed by atoms with Crippen molar-refractivity contribution in [3.8, 4) is 0 Å². The van der Waals surface area contributed by atoms with E-state index in [-0.39, 0.29) is 0 Å². The molecule has 11 heavy (non-hydrogen) atoms. The van der Waals surface area contributed by atoms with Gasteiger partial charge in [0, 0.05) is 0 Å². The Kier molecular flexibility index (Phi) is 4.72. The molecule has 62 valence electrons. The van der Waals surface area contributed by atoms with Crippen LogP contribution < -0.4 is 11.1 Å². The van der Waals surface area contributed by atoms with Gasteiger partial charge in [0.25, 0.3) is 0 Å². The van der Waals surface area contributed by atoms with E-state index in [9.17, 15) is 9.59 Å². The van der Waals surface area contributed by atoms with E-state index < -0.39 is 21.8 Å². The van der Waals surface area contributed by atoms with Gasteiger partial charge in [-0.3, -0.25) is 0 Å². The molecule has 1 amide bonds. The number of carboxylic acid groups (broad SMARTS) is 1. The van der Waals surface area contributed by atoms with Gasteiger partial charge >= 0.3 is 79.5 Å². The topological polar surface area (TPSA) is 92.4 Å². The number of rotatable bonds is 3. The summed E-state index contributed by atoms with van der Waals surface area (Å²) < 4.78 is 0. The number of carbonyl (C=O) groups is 2. The third-order valence-corrected chi connectivity index (χ3v) is 1.88. The van der Waals surface area contributed by atoms with Gasteiger partial charge in [-0.25, -0.2) is 0 Å². The van der Waals surface area contributed by atoms with Crippen LogP contribution in [0, 0.1) is 0 Å². The van der Waals surface area contributed by atoms with Gasteiger partial charge in [-0.2, -0.15) is 0 Å². The zero-order valence-electron chi connectivity index (χ0n) is 5.31. The zero-order valence-corrected chi connectivity index (χ0v) is 8.74. The maximum atomic E-state index is 10.7. The number of carboxylic acids is 1. The summed E-state index contributed by atoms with van der Waals surface area (Å²) >= 11 is 4.60. The van der Waals surface area contributed by atoms with Crippen LogP contribution in [0.2, 0.25) is 0 Å². The number of nitrogens with one attached hydrogen (secondary N) is 1. The molecule has 5 nitrogen and oxygen atoms in total. The van der Waals surface area contributed by atoms with E-state index in [4.69, 9.17) is 10.8 Å². The van der Waals surface area contributed by atoms with Gasteiger partial charge in [-0.05, 0) is 0 Å². The SMILES string of the molecule is N[C@@H]([Se])C(=O)N[C@@H]([Se])C(=O)O. The van der Waals surface area contributed by atoms with E-state index in [0.29, 0.717) is 0 Å². The molecule has 0 aliphatic heterocycles. The van der Waals surface area contributed by atoms with Crippen LogP contribution in [0.25, 0.3) is 0 Å². The molecule has 2 radical (unpaired) electrons. The monoisotopic (exact) mass is 290 g/mol. The molecule has 0 aromatic rings. The van der Waals surface area contributed by atoms with E-state index in [1.54, 1.807) is 0 Å². The average molecular weight is 288 g/mol. The summed E-state index contributed by atoms with van der Waals surface area (Å²) in [6, 6.07) is 0. The van der Waals surface area contributed by atoms with Gasteiger partial charge in [-0.15, -0.1) is 0 Å². The summed E-state index contributed by atoms with van der Waals surface area (Å²) in [5.74, 6) is -1.69. The first kappa shape index (κ1) is 10.9. The third-order valence-electron chi connectivity index (χ3n) is 0.756. The summed E-state index contributed by atoms with van der Waals surface area (Å²) in [6.07, 6.45) is 0. The molecule has 0 aromatic heterocycles. The number of hydrogen-bond acceptors (Lipinski definition) is 3. The Morgan fingerprint density at radius 1 is 1.45 bits per heavy atom. The van der Waals surface area contributed by atoms with E-state index in [0.717, 1.165) is 0 Å². The van der Waals surface area contributed by atoms with Crippen molar-refractivity contribution in [3.63, 3.8) is 0 Å². The van der Waals surface area contributed by atoms with Gasteiger partial charge in [0.1, 0.15) is 0 Å². The second-order valence-electron chi connectivity index (χ2n) is 1.65. The number of aliphatic carboxylic acids is 1. The first-order chi connectivity index (χ1) is 4.95. The van der Waals surface area contributed by atoms with Crippen LogP contribution in [-0.4, -0.2) is 58.9 Å². The molecule has 0 aromatic carbocycles. The van der Waals surface area contributed by atoms with E-state index >= 15 is 0 Å². The maximum absolute atomic E-state index is 10.7. The Bertz CT molecular complexity index is 173. The van der Waals surface area contributed by atoms with E-state index in [1.165, 1.54) is 0 Å². The van der Waals surface area contributed by atoms with Gasteiger partial charge in [0.2, 0.25) is 0 Å². The molecule has 0 saturated heterocycles. The third kappa shape index (κ3) is 4.39. The van der Waals surface area contributed by atoms with Crippen LogP contribution in [0.4, 0.5) is 0 Å². The molecule has 0 bridgehead atoms. The molecule has 0 rings (SSSR count). The minimum atomic E-state index is -1.14. The van der Waals surface area contributed by atoms with Crippen LogP contribution in [0.1, 0.15) is 0 Å². The van der Waals surface area contributed by atoms with E-state index in [1.807, 2.05) is 0 Å². The van der Waals surface area contributed by atoms with Crippen LogP contribution in [0.3, 0.4) is 0 Å². The van der Waals surface area contributed by atoms with Crippen molar-refractivity contribution in [1.82, 2.24) is 5.32 Å². The first-order valence-electron chi connectivity index (χ1n) is 2.55. The summed E-state index contributed by atoms with van der Waals surface area (Å²) in [7, 11) is 0. The summed E-state index contributed by atoms with van der Waals surface area (Å²) in [5, 5.41) is 10.4. The fraction of sp³-hybridized carbons (Fsp3) is 0.500. The van der Waals surface area contributed by atoms with Crippen molar-refractivity contribution in [1.29, 1.82) is 0 Å². The van der Waals surface area contributed by atoms with Crippen molar-refractivity contribution in [2.75, 3.05) is 0 Å². The summed E-state index contributed by atoms with van der Waals surface area (Å²) in [5.41, 5.74) is 5.11. The number of nitrogens with two attached hydrogens (primary N) is 1. The Morgan fingerprint density at radius 3 is 2.18 bits per heavy atom. The predicted octanol–water partition coefficient (Wildman–Crippen LogP) is -2.86. The van der Waals surface area contributed by atoms with Gasteiger partial charge < -0.3 is 0 Å². The van der Waals surface area contributed by atoms with Crippen molar-refractivity contribution >= 4 is 43.9 Å². The van der Waals surface area contributed by atoms with Crippen molar-refractivity contribution in [2.24, 2.45) is 5.73 Å².